The lowest BCUT2D eigenvalue weighted by molar-refractivity contribution is 0.502. The fraction of sp³-hybridized carbons (Fsp3) is 0.143. The Morgan fingerprint density at radius 3 is 2.50 bits per heavy atom. The molecule has 1 aromatic carbocycles. The van der Waals surface area contributed by atoms with E-state index >= 15 is 0 Å². The maximum Gasteiger partial charge on any atom is 0.163 e. The van der Waals surface area contributed by atoms with Gasteiger partial charge in [-0.05, 0) is 6.07 Å². The van der Waals surface area contributed by atoms with Crippen molar-refractivity contribution in [2.45, 2.75) is 5.88 Å². The molecule has 0 aliphatic heterocycles. The number of hydrogen-bond donors (Lipinski definition) is 0. The first-order valence-electron chi connectivity index (χ1n) is 2.74. The first-order valence-corrected chi connectivity index (χ1v) is 3.28. The predicted octanol–water partition coefficient (Wildman–Crippen LogP) is 2.70. The zero-order chi connectivity index (χ0) is 7.56. The summed E-state index contributed by atoms with van der Waals surface area (Å²) in [6.07, 6.45) is 0. The molecule has 0 spiro atoms. The third-order valence-corrected chi connectivity index (χ3v) is 1.46. The normalized spacial score (nSPS) is 9.90. The van der Waals surface area contributed by atoms with Gasteiger partial charge in [0.05, 0.1) is 5.88 Å². The number of alkyl halides is 1. The van der Waals surface area contributed by atoms with Gasteiger partial charge in [-0.3, -0.25) is 0 Å². The molecular weight excluding hydrogens is 158 g/mol. The van der Waals surface area contributed by atoms with Crippen molar-refractivity contribution in [3.63, 3.8) is 0 Å². The van der Waals surface area contributed by atoms with Gasteiger partial charge in [-0.25, -0.2) is 8.78 Å². The molecule has 10 heavy (non-hydrogen) atoms. The van der Waals surface area contributed by atoms with Gasteiger partial charge in [-0.1, -0.05) is 12.1 Å². The zero-order valence-corrected chi connectivity index (χ0v) is 5.83. The van der Waals surface area contributed by atoms with Gasteiger partial charge in [0.2, 0.25) is 0 Å². The van der Waals surface area contributed by atoms with Gasteiger partial charge in [-0.2, -0.15) is 0 Å². The Kier molecular flexibility index (Phi) is 2.22. The van der Waals surface area contributed by atoms with E-state index in [0.717, 1.165) is 6.07 Å². The summed E-state index contributed by atoms with van der Waals surface area (Å²) in [5.74, 6) is -1.69. The van der Waals surface area contributed by atoms with Gasteiger partial charge in [0.15, 0.2) is 11.6 Å². The van der Waals surface area contributed by atoms with Crippen LogP contribution in [0.5, 0.6) is 0 Å². The van der Waals surface area contributed by atoms with Crippen LogP contribution in [0.15, 0.2) is 18.2 Å². The molecule has 3 heteroatoms. The molecule has 1 aromatic rings. The van der Waals surface area contributed by atoms with Gasteiger partial charge in [-0.15, -0.1) is 11.6 Å². The van der Waals surface area contributed by atoms with Crippen LogP contribution in [-0.4, -0.2) is 0 Å². The minimum absolute atomic E-state index is 0.00356. The van der Waals surface area contributed by atoms with E-state index in [1.54, 1.807) is 0 Å². The number of hydrogen-bond acceptors (Lipinski definition) is 0. The highest BCUT2D eigenvalue weighted by molar-refractivity contribution is 6.17. The summed E-state index contributed by atoms with van der Waals surface area (Å²) in [7, 11) is 0. The average Bonchev–Trinajstić information content (AvgIpc) is 1.95. The van der Waals surface area contributed by atoms with Crippen molar-refractivity contribution in [3.8, 4) is 0 Å². The van der Waals surface area contributed by atoms with E-state index in [-0.39, 0.29) is 11.4 Å². The van der Waals surface area contributed by atoms with Crippen LogP contribution in [0.3, 0.4) is 0 Å². The minimum Gasteiger partial charge on any atom is -0.204 e. The first-order chi connectivity index (χ1) is 4.75. The van der Waals surface area contributed by atoms with E-state index < -0.39 is 11.6 Å². The van der Waals surface area contributed by atoms with E-state index in [4.69, 9.17) is 11.6 Å². The standard InChI is InChI=1S/C7H5ClF2/c8-4-5-2-1-3-6(9)7(5)10/h1-3H,4H2. The Morgan fingerprint density at radius 1 is 1.30 bits per heavy atom. The molecule has 0 aliphatic rings. The van der Waals surface area contributed by atoms with Crippen molar-refractivity contribution in [2.75, 3.05) is 0 Å². The lowest BCUT2D eigenvalue weighted by Crippen LogP contribution is -1.89. The van der Waals surface area contributed by atoms with Crippen molar-refractivity contribution >= 4 is 11.6 Å². The Labute approximate surface area is 62.4 Å². The monoisotopic (exact) mass is 162 g/mol. The lowest BCUT2D eigenvalue weighted by Gasteiger charge is -1.96. The molecule has 0 fully saturated rings. The molecule has 0 heterocycles. The van der Waals surface area contributed by atoms with Crippen molar-refractivity contribution in [2.24, 2.45) is 0 Å². The molecule has 0 bridgehead atoms. The van der Waals surface area contributed by atoms with Crippen molar-refractivity contribution < 1.29 is 8.78 Å². The van der Waals surface area contributed by atoms with Crippen molar-refractivity contribution in [1.29, 1.82) is 0 Å². The Hall–Kier alpha value is -0.630. The van der Waals surface area contributed by atoms with Crippen molar-refractivity contribution in [3.05, 3.63) is 35.4 Å². The van der Waals surface area contributed by atoms with E-state index in [9.17, 15) is 8.78 Å². The summed E-state index contributed by atoms with van der Waals surface area (Å²) in [6.45, 7) is 0. The summed E-state index contributed by atoms with van der Waals surface area (Å²) < 4.78 is 24.9. The third-order valence-electron chi connectivity index (χ3n) is 1.18. The fourth-order valence-corrected chi connectivity index (χ4v) is 0.858. The third kappa shape index (κ3) is 1.27. The van der Waals surface area contributed by atoms with Crippen LogP contribution in [0.1, 0.15) is 5.56 Å². The van der Waals surface area contributed by atoms with Crippen LogP contribution in [0.4, 0.5) is 8.78 Å². The summed E-state index contributed by atoms with van der Waals surface area (Å²) in [6, 6.07) is 3.94. The summed E-state index contributed by atoms with van der Waals surface area (Å²) >= 11 is 5.30. The van der Waals surface area contributed by atoms with E-state index in [2.05, 4.69) is 0 Å². The maximum absolute atomic E-state index is 12.5. The Balaban J connectivity index is 3.14. The quantitative estimate of drug-likeness (QED) is 0.557. The van der Waals surface area contributed by atoms with Gasteiger partial charge in [0.25, 0.3) is 0 Å². The van der Waals surface area contributed by atoms with E-state index in [1.165, 1.54) is 12.1 Å². The molecule has 0 atom stereocenters. The topological polar surface area (TPSA) is 0 Å². The highest BCUT2D eigenvalue weighted by Crippen LogP contribution is 2.12. The lowest BCUT2D eigenvalue weighted by atomic mass is 10.2. The van der Waals surface area contributed by atoms with Crippen LogP contribution in [-0.2, 0) is 5.88 Å². The maximum atomic E-state index is 12.5. The molecule has 54 valence electrons. The zero-order valence-electron chi connectivity index (χ0n) is 5.07. The SMILES string of the molecule is Fc1cccc(CCl)c1F. The molecule has 0 saturated heterocycles. The summed E-state index contributed by atoms with van der Waals surface area (Å²) in [5, 5.41) is 0. The molecule has 1 rings (SSSR count). The second kappa shape index (κ2) is 2.97. The molecule has 0 radical (unpaired) electrons. The van der Waals surface area contributed by atoms with Crippen LogP contribution < -0.4 is 0 Å². The average molecular weight is 163 g/mol. The molecule has 0 aromatic heterocycles. The second-order valence-electron chi connectivity index (χ2n) is 1.85. The molecule has 0 aliphatic carbocycles. The molecular formula is C7H5ClF2. The first kappa shape index (κ1) is 7.48. The Bertz CT molecular complexity index is 235. The van der Waals surface area contributed by atoms with Crippen LogP contribution in [0, 0.1) is 11.6 Å². The minimum atomic E-state index is -0.850. The van der Waals surface area contributed by atoms with E-state index in [0.29, 0.717) is 0 Å². The number of halogens is 3. The predicted molar refractivity (Wildman–Crippen MR) is 35.9 cm³/mol. The van der Waals surface area contributed by atoms with Gasteiger partial charge in [0.1, 0.15) is 0 Å². The highest BCUT2D eigenvalue weighted by Gasteiger charge is 2.04. The molecule has 0 nitrogen and oxygen atoms in total. The van der Waals surface area contributed by atoms with Crippen molar-refractivity contribution in [1.82, 2.24) is 0 Å². The van der Waals surface area contributed by atoms with Crippen LogP contribution >= 0.6 is 11.6 Å². The van der Waals surface area contributed by atoms with Crippen LogP contribution in [0.25, 0.3) is 0 Å². The number of benzene rings is 1. The van der Waals surface area contributed by atoms with Crippen LogP contribution in [0.2, 0.25) is 0 Å². The summed E-state index contributed by atoms with van der Waals surface area (Å²) in [4.78, 5) is 0. The van der Waals surface area contributed by atoms with E-state index in [1.807, 2.05) is 0 Å². The van der Waals surface area contributed by atoms with Gasteiger partial charge >= 0.3 is 0 Å². The number of rotatable bonds is 1. The fourth-order valence-electron chi connectivity index (χ4n) is 0.652. The second-order valence-corrected chi connectivity index (χ2v) is 2.11. The largest absolute Gasteiger partial charge is 0.204 e. The smallest absolute Gasteiger partial charge is 0.163 e. The van der Waals surface area contributed by atoms with Gasteiger partial charge < -0.3 is 0 Å². The molecule has 0 amide bonds. The summed E-state index contributed by atoms with van der Waals surface area (Å²) in [5.41, 5.74) is 0.196. The molecule has 0 N–H and O–H groups in total. The molecule has 0 unspecified atom stereocenters. The highest BCUT2D eigenvalue weighted by atomic mass is 35.5. The Morgan fingerprint density at radius 2 is 2.00 bits per heavy atom. The molecule has 0 saturated carbocycles. The van der Waals surface area contributed by atoms with Gasteiger partial charge in [0, 0.05) is 5.56 Å².